The fourth-order valence-electron chi connectivity index (χ4n) is 3.13. The highest BCUT2D eigenvalue weighted by Crippen LogP contribution is 2.38. The molecule has 1 aliphatic heterocycles. The standard InChI is InChI=1S/C16H30N2OS/c1-13(2)6-9-19-10-8-17-15-18-16(12-20-15)7-4-5-14(3)11-16/h13-14H,4-12H2,1-3H3,(H,17,18). The van der Waals surface area contributed by atoms with Crippen LogP contribution in [0.15, 0.2) is 4.99 Å². The van der Waals surface area contributed by atoms with E-state index in [1.807, 2.05) is 11.8 Å². The third kappa shape index (κ3) is 4.96. The first-order chi connectivity index (χ1) is 9.60. The van der Waals surface area contributed by atoms with Gasteiger partial charge in [-0.25, -0.2) is 0 Å². The summed E-state index contributed by atoms with van der Waals surface area (Å²) in [4.78, 5) is 4.66. The molecule has 2 aliphatic rings. The lowest BCUT2D eigenvalue weighted by atomic mass is 9.78. The molecular weight excluding hydrogens is 268 g/mol. The van der Waals surface area contributed by atoms with E-state index in [4.69, 9.17) is 4.74 Å². The fraction of sp³-hybridized carbons (Fsp3) is 0.938. The van der Waals surface area contributed by atoms with E-state index in [-0.39, 0.29) is 0 Å². The van der Waals surface area contributed by atoms with E-state index in [1.165, 1.54) is 31.4 Å². The molecule has 1 spiro atoms. The molecule has 4 heteroatoms. The van der Waals surface area contributed by atoms with Gasteiger partial charge in [0.1, 0.15) is 0 Å². The van der Waals surface area contributed by atoms with E-state index in [9.17, 15) is 0 Å². The number of ether oxygens (including phenoxy) is 1. The molecule has 2 atom stereocenters. The molecule has 1 saturated heterocycles. The lowest BCUT2D eigenvalue weighted by Gasteiger charge is -2.36. The molecule has 116 valence electrons. The van der Waals surface area contributed by atoms with Crippen LogP contribution in [0, 0.1) is 11.8 Å². The molecule has 0 radical (unpaired) electrons. The van der Waals surface area contributed by atoms with E-state index >= 15 is 0 Å². The highest BCUT2D eigenvalue weighted by molar-refractivity contribution is 8.14. The van der Waals surface area contributed by atoms with Crippen LogP contribution >= 0.6 is 11.8 Å². The molecule has 0 aromatic carbocycles. The monoisotopic (exact) mass is 298 g/mol. The van der Waals surface area contributed by atoms with Crippen LogP contribution in [0.3, 0.4) is 0 Å². The summed E-state index contributed by atoms with van der Waals surface area (Å²) in [6.07, 6.45) is 6.52. The maximum absolute atomic E-state index is 5.61. The molecule has 1 saturated carbocycles. The van der Waals surface area contributed by atoms with E-state index in [1.54, 1.807) is 0 Å². The minimum Gasteiger partial charge on any atom is -0.380 e. The van der Waals surface area contributed by atoms with Gasteiger partial charge < -0.3 is 10.1 Å². The van der Waals surface area contributed by atoms with Crippen molar-refractivity contribution in [2.75, 3.05) is 25.5 Å². The molecule has 0 amide bonds. The first-order valence-corrected chi connectivity index (χ1v) is 9.11. The predicted octanol–water partition coefficient (Wildman–Crippen LogP) is 3.69. The highest BCUT2D eigenvalue weighted by Gasteiger charge is 2.40. The maximum Gasteiger partial charge on any atom is 0.157 e. The van der Waals surface area contributed by atoms with Crippen molar-refractivity contribution in [3.63, 3.8) is 0 Å². The van der Waals surface area contributed by atoms with Gasteiger partial charge in [0.25, 0.3) is 0 Å². The normalized spacial score (nSPS) is 32.2. The first-order valence-electron chi connectivity index (χ1n) is 8.13. The molecule has 20 heavy (non-hydrogen) atoms. The van der Waals surface area contributed by atoms with Gasteiger partial charge in [0, 0.05) is 17.9 Å². The van der Waals surface area contributed by atoms with Crippen molar-refractivity contribution in [1.82, 2.24) is 5.32 Å². The molecule has 0 bridgehead atoms. The average Bonchev–Trinajstić information content (AvgIpc) is 2.76. The number of rotatable bonds is 6. The zero-order chi connectivity index (χ0) is 14.4. The van der Waals surface area contributed by atoms with E-state index < -0.39 is 0 Å². The summed E-state index contributed by atoms with van der Waals surface area (Å²) >= 11 is 1.90. The summed E-state index contributed by atoms with van der Waals surface area (Å²) < 4.78 is 5.61. The van der Waals surface area contributed by atoms with E-state index in [0.717, 1.165) is 43.2 Å². The second-order valence-electron chi connectivity index (χ2n) is 6.88. The molecular formula is C16H30N2OS. The van der Waals surface area contributed by atoms with Gasteiger partial charge in [0.2, 0.25) is 0 Å². The van der Waals surface area contributed by atoms with Gasteiger partial charge in [-0.1, -0.05) is 45.4 Å². The van der Waals surface area contributed by atoms with Crippen molar-refractivity contribution in [2.45, 2.75) is 58.4 Å². The molecule has 0 aromatic heterocycles. The van der Waals surface area contributed by atoms with Crippen molar-refractivity contribution >= 4 is 16.9 Å². The molecule has 2 unspecified atom stereocenters. The Kier molecular flexibility index (Phi) is 6.21. The summed E-state index contributed by atoms with van der Waals surface area (Å²) in [5.74, 6) is 2.78. The van der Waals surface area contributed by atoms with Crippen LogP contribution in [0.4, 0.5) is 0 Å². The molecule has 1 aliphatic carbocycles. The third-order valence-electron chi connectivity index (χ3n) is 4.28. The van der Waals surface area contributed by atoms with Crippen LogP contribution in [-0.4, -0.2) is 36.2 Å². The fourth-order valence-corrected chi connectivity index (χ4v) is 4.35. The Morgan fingerprint density at radius 1 is 1.45 bits per heavy atom. The molecule has 1 N–H and O–H groups in total. The highest BCUT2D eigenvalue weighted by atomic mass is 32.2. The number of thioether (sulfide) groups is 1. The van der Waals surface area contributed by atoms with Crippen LogP contribution in [0.5, 0.6) is 0 Å². The SMILES string of the molecule is CC(C)CCOCCN=C1NC2(CCCC(C)C2)CS1. The minimum atomic E-state index is 0.347. The molecule has 0 aromatic rings. The molecule has 3 nitrogen and oxygen atoms in total. The van der Waals surface area contributed by atoms with Gasteiger partial charge in [-0.15, -0.1) is 0 Å². The lowest BCUT2D eigenvalue weighted by molar-refractivity contribution is 0.130. The Labute approximate surface area is 128 Å². The Morgan fingerprint density at radius 3 is 3.05 bits per heavy atom. The van der Waals surface area contributed by atoms with Crippen molar-refractivity contribution in [3.05, 3.63) is 0 Å². The Morgan fingerprint density at radius 2 is 2.30 bits per heavy atom. The molecule has 2 rings (SSSR count). The second kappa shape index (κ2) is 7.69. The van der Waals surface area contributed by atoms with Crippen LogP contribution in [-0.2, 0) is 4.74 Å². The number of nitrogens with zero attached hydrogens (tertiary/aromatic N) is 1. The summed E-state index contributed by atoms with van der Waals surface area (Å²) in [7, 11) is 0. The van der Waals surface area contributed by atoms with Crippen LogP contribution in [0.25, 0.3) is 0 Å². The van der Waals surface area contributed by atoms with Gasteiger partial charge in [-0.3, -0.25) is 4.99 Å². The van der Waals surface area contributed by atoms with Crippen molar-refractivity contribution in [2.24, 2.45) is 16.8 Å². The first kappa shape index (κ1) is 16.2. The topological polar surface area (TPSA) is 33.6 Å². The van der Waals surface area contributed by atoms with Crippen molar-refractivity contribution in [3.8, 4) is 0 Å². The predicted molar refractivity (Wildman–Crippen MR) is 88.5 cm³/mol. The number of hydrogen-bond donors (Lipinski definition) is 1. The van der Waals surface area contributed by atoms with Crippen LogP contribution < -0.4 is 5.32 Å². The van der Waals surface area contributed by atoms with Crippen LogP contribution in [0.2, 0.25) is 0 Å². The molecule has 2 fully saturated rings. The van der Waals surface area contributed by atoms with Gasteiger partial charge in [0.05, 0.1) is 13.2 Å². The Bertz CT molecular complexity index is 332. The van der Waals surface area contributed by atoms with Crippen molar-refractivity contribution < 1.29 is 4.74 Å². The Balaban J connectivity index is 1.66. The summed E-state index contributed by atoms with van der Waals surface area (Å²) in [6, 6.07) is 0. The average molecular weight is 298 g/mol. The van der Waals surface area contributed by atoms with E-state index in [0.29, 0.717) is 5.54 Å². The summed E-state index contributed by atoms with van der Waals surface area (Å²) in [6.45, 7) is 9.25. The summed E-state index contributed by atoms with van der Waals surface area (Å²) in [5.41, 5.74) is 0.347. The second-order valence-corrected chi connectivity index (χ2v) is 7.84. The van der Waals surface area contributed by atoms with Gasteiger partial charge in [-0.05, 0) is 31.1 Å². The number of nitrogens with one attached hydrogen (secondary N) is 1. The molecule has 1 heterocycles. The van der Waals surface area contributed by atoms with Crippen LogP contribution in [0.1, 0.15) is 52.9 Å². The maximum atomic E-state index is 5.61. The van der Waals surface area contributed by atoms with E-state index in [2.05, 4.69) is 31.1 Å². The number of hydrogen-bond acceptors (Lipinski definition) is 3. The van der Waals surface area contributed by atoms with Gasteiger partial charge in [0.15, 0.2) is 5.17 Å². The third-order valence-corrected chi connectivity index (χ3v) is 5.48. The van der Waals surface area contributed by atoms with Gasteiger partial charge >= 0.3 is 0 Å². The zero-order valence-corrected chi connectivity index (χ0v) is 14.1. The lowest BCUT2D eigenvalue weighted by Crippen LogP contribution is -2.47. The Hall–Kier alpha value is -0.220. The zero-order valence-electron chi connectivity index (χ0n) is 13.3. The summed E-state index contributed by atoms with van der Waals surface area (Å²) in [5, 5.41) is 4.85. The largest absolute Gasteiger partial charge is 0.380 e. The number of aliphatic imine (C=N–C) groups is 1. The van der Waals surface area contributed by atoms with Gasteiger partial charge in [-0.2, -0.15) is 0 Å². The minimum absolute atomic E-state index is 0.347. The quantitative estimate of drug-likeness (QED) is 0.759. The smallest absolute Gasteiger partial charge is 0.157 e. The number of amidine groups is 1. The van der Waals surface area contributed by atoms with Crippen molar-refractivity contribution in [1.29, 1.82) is 0 Å².